The molecule has 0 aromatic heterocycles. The lowest BCUT2D eigenvalue weighted by Gasteiger charge is -2.09. The molecule has 0 heterocycles. The van der Waals surface area contributed by atoms with Gasteiger partial charge in [-0.3, -0.25) is 9.59 Å². The van der Waals surface area contributed by atoms with E-state index in [-0.39, 0.29) is 24.3 Å². The molecule has 0 rings (SSSR count). The van der Waals surface area contributed by atoms with Crippen LogP contribution in [0, 0.1) is 5.92 Å². The average Bonchev–Trinajstić information content (AvgIpc) is 2.61. The molecule has 0 radical (unpaired) electrons. The van der Waals surface area contributed by atoms with Gasteiger partial charge in [0.1, 0.15) is 6.61 Å². The van der Waals surface area contributed by atoms with Crippen molar-refractivity contribution < 1.29 is 33.3 Å². The van der Waals surface area contributed by atoms with E-state index in [0.717, 1.165) is 0 Å². The van der Waals surface area contributed by atoms with Crippen LogP contribution in [-0.2, 0) is 33.3 Å². The standard InChI is InChI=1S/C17H34N2O7/c1-15(2)17(21)19-5-7-24-9-11-26-13-12-25-10-8-23-6-4-18-16(20)14-22-3/h15H,4-14H2,1-3H3,(H,18,20)(H,19,21). The maximum atomic E-state index is 11.3. The van der Waals surface area contributed by atoms with Crippen molar-refractivity contribution >= 4 is 11.8 Å². The van der Waals surface area contributed by atoms with E-state index in [1.807, 2.05) is 13.8 Å². The molecule has 0 atom stereocenters. The van der Waals surface area contributed by atoms with Crippen molar-refractivity contribution in [3.8, 4) is 0 Å². The molecule has 0 bridgehead atoms. The summed E-state index contributed by atoms with van der Waals surface area (Å²) in [6.07, 6.45) is 0. The quantitative estimate of drug-likeness (QED) is 0.312. The molecule has 9 heteroatoms. The summed E-state index contributed by atoms with van der Waals surface area (Å²) in [7, 11) is 1.47. The van der Waals surface area contributed by atoms with Gasteiger partial charge in [-0.2, -0.15) is 0 Å². The highest BCUT2D eigenvalue weighted by Crippen LogP contribution is 1.89. The summed E-state index contributed by atoms with van der Waals surface area (Å²) in [5.74, 6) is -0.138. The summed E-state index contributed by atoms with van der Waals surface area (Å²) < 4.78 is 26.0. The summed E-state index contributed by atoms with van der Waals surface area (Å²) in [5, 5.41) is 5.43. The van der Waals surface area contributed by atoms with Crippen molar-refractivity contribution in [1.82, 2.24) is 10.6 Å². The van der Waals surface area contributed by atoms with Crippen LogP contribution in [0.5, 0.6) is 0 Å². The van der Waals surface area contributed by atoms with Crippen LogP contribution in [0.4, 0.5) is 0 Å². The van der Waals surface area contributed by atoms with Crippen LogP contribution in [0.15, 0.2) is 0 Å². The van der Waals surface area contributed by atoms with Crippen LogP contribution >= 0.6 is 0 Å². The van der Waals surface area contributed by atoms with Crippen molar-refractivity contribution in [2.75, 3.05) is 79.7 Å². The van der Waals surface area contributed by atoms with Crippen molar-refractivity contribution in [2.45, 2.75) is 13.8 Å². The van der Waals surface area contributed by atoms with E-state index < -0.39 is 0 Å². The molecular formula is C17H34N2O7. The van der Waals surface area contributed by atoms with E-state index in [0.29, 0.717) is 65.9 Å². The highest BCUT2D eigenvalue weighted by Gasteiger charge is 2.04. The van der Waals surface area contributed by atoms with Gasteiger partial charge >= 0.3 is 0 Å². The first-order valence-electron chi connectivity index (χ1n) is 8.92. The maximum Gasteiger partial charge on any atom is 0.246 e. The molecule has 2 N–H and O–H groups in total. The first-order valence-corrected chi connectivity index (χ1v) is 8.92. The van der Waals surface area contributed by atoms with Crippen molar-refractivity contribution in [3.05, 3.63) is 0 Å². The number of hydrogen-bond acceptors (Lipinski definition) is 7. The monoisotopic (exact) mass is 378 g/mol. The van der Waals surface area contributed by atoms with Gasteiger partial charge in [-0.05, 0) is 0 Å². The Morgan fingerprint density at radius 3 is 1.58 bits per heavy atom. The average molecular weight is 378 g/mol. The van der Waals surface area contributed by atoms with Gasteiger partial charge in [0.2, 0.25) is 11.8 Å². The predicted molar refractivity (Wildman–Crippen MR) is 96.0 cm³/mol. The second-order valence-electron chi connectivity index (χ2n) is 5.68. The molecule has 154 valence electrons. The minimum Gasteiger partial charge on any atom is -0.377 e. The van der Waals surface area contributed by atoms with Crippen LogP contribution in [0.25, 0.3) is 0 Å². The van der Waals surface area contributed by atoms with E-state index in [1.165, 1.54) is 7.11 Å². The highest BCUT2D eigenvalue weighted by molar-refractivity contribution is 5.77. The van der Waals surface area contributed by atoms with Gasteiger partial charge in [0.05, 0.1) is 52.9 Å². The van der Waals surface area contributed by atoms with Crippen molar-refractivity contribution in [3.63, 3.8) is 0 Å². The smallest absolute Gasteiger partial charge is 0.246 e. The zero-order valence-corrected chi connectivity index (χ0v) is 16.2. The molecule has 0 spiro atoms. The zero-order valence-electron chi connectivity index (χ0n) is 16.2. The SMILES string of the molecule is COCC(=O)NCCOCCOCCOCCOCCNC(=O)C(C)C. The van der Waals surface area contributed by atoms with Crippen LogP contribution < -0.4 is 10.6 Å². The molecule has 0 saturated heterocycles. The normalized spacial score (nSPS) is 10.9. The van der Waals surface area contributed by atoms with Gasteiger partial charge in [-0.1, -0.05) is 13.8 Å². The van der Waals surface area contributed by atoms with Crippen LogP contribution in [-0.4, -0.2) is 91.5 Å². The highest BCUT2D eigenvalue weighted by atomic mass is 16.6. The van der Waals surface area contributed by atoms with Gasteiger partial charge in [0, 0.05) is 26.1 Å². The number of carbonyl (C=O) groups is 2. The maximum absolute atomic E-state index is 11.3. The summed E-state index contributed by atoms with van der Waals surface area (Å²) in [5.41, 5.74) is 0. The fourth-order valence-electron chi connectivity index (χ4n) is 1.66. The fraction of sp³-hybridized carbons (Fsp3) is 0.882. The zero-order chi connectivity index (χ0) is 19.5. The Labute approximate surface area is 156 Å². The first-order chi connectivity index (χ1) is 12.6. The molecule has 2 amide bonds. The Bertz CT molecular complexity index is 354. The molecule has 0 aromatic carbocycles. The predicted octanol–water partition coefficient (Wildman–Crippen LogP) is -0.412. The summed E-state index contributed by atoms with van der Waals surface area (Å²) in [6, 6.07) is 0. The molecule has 0 fully saturated rings. The molecule has 0 unspecified atom stereocenters. The topological polar surface area (TPSA) is 104 Å². The summed E-state index contributed by atoms with van der Waals surface area (Å²) in [4.78, 5) is 22.4. The third-order valence-electron chi connectivity index (χ3n) is 3.03. The number of nitrogens with one attached hydrogen (secondary N) is 2. The van der Waals surface area contributed by atoms with Gasteiger partial charge in [0.25, 0.3) is 0 Å². The molecule has 26 heavy (non-hydrogen) atoms. The van der Waals surface area contributed by atoms with Gasteiger partial charge < -0.3 is 34.3 Å². The van der Waals surface area contributed by atoms with E-state index in [2.05, 4.69) is 15.4 Å². The van der Waals surface area contributed by atoms with E-state index in [4.69, 9.17) is 18.9 Å². The molecule has 9 nitrogen and oxygen atoms in total. The molecule has 0 aliphatic carbocycles. The number of hydrogen-bond donors (Lipinski definition) is 2. The Kier molecular flexibility index (Phi) is 17.6. The van der Waals surface area contributed by atoms with Crippen LogP contribution in [0.3, 0.4) is 0 Å². The van der Waals surface area contributed by atoms with E-state index >= 15 is 0 Å². The van der Waals surface area contributed by atoms with E-state index in [9.17, 15) is 9.59 Å². The summed E-state index contributed by atoms with van der Waals surface area (Å²) in [6.45, 7) is 8.50. The lowest BCUT2D eigenvalue weighted by atomic mass is 10.2. The van der Waals surface area contributed by atoms with Crippen molar-refractivity contribution in [2.24, 2.45) is 5.92 Å². The number of methoxy groups -OCH3 is 1. The molecule has 0 aliphatic rings. The molecular weight excluding hydrogens is 344 g/mol. The van der Waals surface area contributed by atoms with Gasteiger partial charge in [0.15, 0.2) is 0 Å². The first kappa shape index (κ1) is 24.7. The van der Waals surface area contributed by atoms with Gasteiger partial charge in [-0.25, -0.2) is 0 Å². The Morgan fingerprint density at radius 2 is 1.15 bits per heavy atom. The minimum atomic E-state index is -0.159. The molecule has 0 aromatic rings. The van der Waals surface area contributed by atoms with Crippen molar-refractivity contribution in [1.29, 1.82) is 0 Å². The largest absolute Gasteiger partial charge is 0.377 e. The second-order valence-corrected chi connectivity index (χ2v) is 5.68. The fourth-order valence-corrected chi connectivity index (χ4v) is 1.66. The summed E-state index contributed by atoms with van der Waals surface area (Å²) >= 11 is 0. The number of carbonyl (C=O) groups excluding carboxylic acids is 2. The lowest BCUT2D eigenvalue weighted by molar-refractivity contribution is -0.125. The Hall–Kier alpha value is -1.26. The van der Waals surface area contributed by atoms with E-state index in [1.54, 1.807) is 0 Å². The molecule has 0 aliphatic heterocycles. The Morgan fingerprint density at radius 1 is 0.731 bits per heavy atom. The third-order valence-corrected chi connectivity index (χ3v) is 3.03. The van der Waals surface area contributed by atoms with Gasteiger partial charge in [-0.15, -0.1) is 0 Å². The number of rotatable bonds is 18. The lowest BCUT2D eigenvalue weighted by Crippen LogP contribution is -2.31. The Balaban J connectivity index is 3.11. The number of amides is 2. The second kappa shape index (κ2) is 18.5. The number of ether oxygens (including phenoxy) is 5. The minimum absolute atomic E-state index is 0.00880. The van der Waals surface area contributed by atoms with Crippen LogP contribution in [0.1, 0.15) is 13.8 Å². The third kappa shape index (κ3) is 17.6. The van der Waals surface area contributed by atoms with Crippen LogP contribution in [0.2, 0.25) is 0 Å². The molecule has 0 saturated carbocycles.